The Bertz CT molecular complexity index is 792. The molecule has 1 aromatic carbocycles. The number of hydrogen-bond donors (Lipinski definition) is 0. The van der Waals surface area contributed by atoms with E-state index in [-0.39, 0.29) is 11.5 Å². The van der Waals surface area contributed by atoms with Crippen molar-refractivity contribution in [2.75, 3.05) is 13.7 Å². The lowest BCUT2D eigenvalue weighted by Crippen LogP contribution is -2.64. The molecule has 2 fully saturated rings. The number of carbonyl (C=O) groups is 1. The number of fused-ring (bicyclic) bond motifs is 1. The van der Waals surface area contributed by atoms with E-state index in [0.717, 1.165) is 5.56 Å². The molecule has 156 valence electrons. The second kappa shape index (κ2) is 8.44. The zero-order valence-electron chi connectivity index (χ0n) is 16.1. The minimum Gasteiger partial charge on any atom is -0.457 e. The maximum atomic E-state index is 12.8. The fourth-order valence-corrected chi connectivity index (χ4v) is 4.27. The highest BCUT2D eigenvalue weighted by molar-refractivity contribution is 7.86. The summed E-state index contributed by atoms with van der Waals surface area (Å²) < 4.78 is 58.5. The van der Waals surface area contributed by atoms with Crippen LogP contribution >= 0.6 is 0 Å². The first-order valence-corrected chi connectivity index (χ1v) is 10.2. The number of aryl methyl sites for hydroxylation is 1. The molecule has 9 nitrogen and oxygen atoms in total. The summed E-state index contributed by atoms with van der Waals surface area (Å²) >= 11 is 0. The van der Waals surface area contributed by atoms with Crippen LogP contribution in [0.1, 0.15) is 19.4 Å². The van der Waals surface area contributed by atoms with E-state index in [1.807, 2.05) is 6.92 Å². The molecule has 0 bridgehead atoms. The van der Waals surface area contributed by atoms with E-state index in [1.165, 1.54) is 26.2 Å². The van der Waals surface area contributed by atoms with Gasteiger partial charge >= 0.3 is 5.97 Å². The molecule has 10 heteroatoms. The molecule has 2 aliphatic heterocycles. The van der Waals surface area contributed by atoms with Gasteiger partial charge in [0.05, 0.1) is 11.5 Å². The van der Waals surface area contributed by atoms with E-state index in [4.69, 9.17) is 27.9 Å². The number of carbonyl (C=O) groups excluding carboxylic acids is 1. The molecule has 0 N–H and O–H groups in total. The summed E-state index contributed by atoms with van der Waals surface area (Å²) in [6, 6.07) is 6.19. The van der Waals surface area contributed by atoms with E-state index < -0.39 is 53.1 Å². The standard InChI is InChI=1S/C18H24O9S/c1-10-5-7-13(8-6-10)28(20,21)27-17-16(24-11(2)19)15-14(26-18(17)22-4)9-23-12(3)25-15/h5-8,12,14-18H,9H2,1-4H3. The van der Waals surface area contributed by atoms with Gasteiger partial charge in [0, 0.05) is 14.0 Å². The average Bonchev–Trinajstić information content (AvgIpc) is 2.63. The number of esters is 1. The van der Waals surface area contributed by atoms with Gasteiger partial charge in [0.1, 0.15) is 12.2 Å². The summed E-state index contributed by atoms with van der Waals surface area (Å²) in [5.74, 6) is -0.607. The highest BCUT2D eigenvalue weighted by Crippen LogP contribution is 2.33. The van der Waals surface area contributed by atoms with Gasteiger partial charge < -0.3 is 23.7 Å². The third kappa shape index (κ3) is 4.53. The SMILES string of the molecule is COC1OC2COC(C)OC2C(OC(C)=O)C1OS(=O)(=O)c1ccc(C)cc1. The molecule has 2 saturated heterocycles. The predicted molar refractivity (Wildman–Crippen MR) is 94.7 cm³/mol. The topological polar surface area (TPSA) is 107 Å². The van der Waals surface area contributed by atoms with E-state index in [2.05, 4.69) is 0 Å². The second-order valence-electron chi connectivity index (χ2n) is 6.68. The molecule has 0 amide bonds. The van der Waals surface area contributed by atoms with Crippen molar-refractivity contribution >= 4 is 16.1 Å². The number of benzene rings is 1. The summed E-state index contributed by atoms with van der Waals surface area (Å²) in [7, 11) is -2.83. The summed E-state index contributed by atoms with van der Waals surface area (Å²) in [5.41, 5.74) is 0.903. The van der Waals surface area contributed by atoms with Gasteiger partial charge in [0.2, 0.25) is 0 Å². The maximum absolute atomic E-state index is 12.8. The van der Waals surface area contributed by atoms with Crippen molar-refractivity contribution in [3.05, 3.63) is 29.8 Å². The van der Waals surface area contributed by atoms with Crippen molar-refractivity contribution in [3.8, 4) is 0 Å². The lowest BCUT2D eigenvalue weighted by Gasteiger charge is -2.47. The number of rotatable bonds is 5. The Labute approximate surface area is 163 Å². The quantitative estimate of drug-likeness (QED) is 0.516. The maximum Gasteiger partial charge on any atom is 0.303 e. The molecule has 2 aliphatic rings. The van der Waals surface area contributed by atoms with Crippen LogP contribution < -0.4 is 0 Å². The van der Waals surface area contributed by atoms with Crippen LogP contribution in [0.25, 0.3) is 0 Å². The van der Waals surface area contributed by atoms with Gasteiger partial charge in [-0.3, -0.25) is 8.98 Å². The third-order valence-corrected chi connectivity index (χ3v) is 5.84. The lowest BCUT2D eigenvalue weighted by molar-refractivity contribution is -0.349. The van der Waals surface area contributed by atoms with Crippen LogP contribution in [-0.2, 0) is 42.8 Å². The zero-order valence-corrected chi connectivity index (χ0v) is 16.9. The molecular weight excluding hydrogens is 392 g/mol. The Morgan fingerprint density at radius 2 is 1.82 bits per heavy atom. The van der Waals surface area contributed by atoms with E-state index >= 15 is 0 Å². The summed E-state index contributed by atoms with van der Waals surface area (Å²) in [6.07, 6.45) is -5.37. The molecular formula is C18H24O9S. The molecule has 0 spiro atoms. The average molecular weight is 416 g/mol. The fraction of sp³-hybridized carbons (Fsp3) is 0.611. The number of hydrogen-bond acceptors (Lipinski definition) is 9. The van der Waals surface area contributed by atoms with Crippen molar-refractivity contribution in [3.63, 3.8) is 0 Å². The lowest BCUT2D eigenvalue weighted by atomic mass is 9.98. The van der Waals surface area contributed by atoms with E-state index in [9.17, 15) is 13.2 Å². The van der Waals surface area contributed by atoms with Crippen molar-refractivity contribution < 1.29 is 41.1 Å². The minimum absolute atomic E-state index is 0.0297. The van der Waals surface area contributed by atoms with Crippen molar-refractivity contribution in [1.29, 1.82) is 0 Å². The second-order valence-corrected chi connectivity index (χ2v) is 8.25. The highest BCUT2D eigenvalue weighted by Gasteiger charge is 2.53. The molecule has 0 radical (unpaired) electrons. The monoisotopic (exact) mass is 416 g/mol. The van der Waals surface area contributed by atoms with Crippen LogP contribution in [0, 0.1) is 6.92 Å². The van der Waals surface area contributed by atoms with Gasteiger partial charge in [0.15, 0.2) is 24.8 Å². The largest absolute Gasteiger partial charge is 0.457 e. The van der Waals surface area contributed by atoms with Gasteiger partial charge in [-0.2, -0.15) is 8.42 Å². The van der Waals surface area contributed by atoms with Crippen LogP contribution in [0.15, 0.2) is 29.2 Å². The molecule has 2 heterocycles. The number of ether oxygens (including phenoxy) is 5. The van der Waals surface area contributed by atoms with Gasteiger partial charge in [-0.05, 0) is 26.0 Å². The smallest absolute Gasteiger partial charge is 0.303 e. The highest BCUT2D eigenvalue weighted by atomic mass is 32.2. The van der Waals surface area contributed by atoms with Crippen molar-refractivity contribution in [2.45, 2.75) is 62.7 Å². The molecule has 6 atom stereocenters. The third-order valence-electron chi connectivity index (χ3n) is 4.52. The van der Waals surface area contributed by atoms with Crippen LogP contribution in [-0.4, -0.2) is 65.1 Å². The summed E-state index contributed by atoms with van der Waals surface area (Å²) in [6.45, 7) is 4.93. The van der Waals surface area contributed by atoms with Crippen LogP contribution in [0.2, 0.25) is 0 Å². The molecule has 28 heavy (non-hydrogen) atoms. The molecule has 6 unspecified atom stereocenters. The predicted octanol–water partition coefficient (Wildman–Crippen LogP) is 1.13. The molecule has 0 aliphatic carbocycles. The van der Waals surface area contributed by atoms with E-state index in [0.29, 0.717) is 0 Å². The zero-order chi connectivity index (χ0) is 20.5. The van der Waals surface area contributed by atoms with Crippen LogP contribution in [0.3, 0.4) is 0 Å². The van der Waals surface area contributed by atoms with Crippen molar-refractivity contribution in [1.82, 2.24) is 0 Å². The molecule has 0 saturated carbocycles. The van der Waals surface area contributed by atoms with Gasteiger partial charge in [-0.25, -0.2) is 0 Å². The minimum atomic E-state index is -4.18. The Balaban J connectivity index is 1.92. The number of methoxy groups -OCH3 is 1. The Kier molecular flexibility index (Phi) is 6.37. The van der Waals surface area contributed by atoms with Crippen LogP contribution in [0.4, 0.5) is 0 Å². The molecule has 3 rings (SSSR count). The molecule has 1 aromatic rings. The van der Waals surface area contributed by atoms with Crippen molar-refractivity contribution in [2.24, 2.45) is 0 Å². The molecule has 0 aromatic heterocycles. The Hall–Kier alpha value is -1.56. The summed E-state index contributed by atoms with van der Waals surface area (Å²) in [5, 5.41) is 0. The first kappa shape index (κ1) is 21.2. The summed E-state index contributed by atoms with van der Waals surface area (Å²) in [4.78, 5) is 11.7. The fourth-order valence-electron chi connectivity index (χ4n) is 3.19. The Morgan fingerprint density at radius 3 is 2.43 bits per heavy atom. The van der Waals surface area contributed by atoms with Gasteiger partial charge in [0.25, 0.3) is 10.1 Å². The van der Waals surface area contributed by atoms with Crippen LogP contribution in [0.5, 0.6) is 0 Å². The Morgan fingerprint density at radius 1 is 1.14 bits per heavy atom. The van der Waals surface area contributed by atoms with Gasteiger partial charge in [-0.1, -0.05) is 17.7 Å². The normalized spacial score (nSPS) is 33.1. The first-order valence-electron chi connectivity index (χ1n) is 8.84. The van der Waals surface area contributed by atoms with E-state index in [1.54, 1.807) is 19.1 Å². The van der Waals surface area contributed by atoms with Gasteiger partial charge in [-0.15, -0.1) is 0 Å². The first-order chi connectivity index (χ1) is 13.2.